The molecule has 0 radical (unpaired) electrons. The van der Waals surface area contributed by atoms with Crippen molar-refractivity contribution in [3.05, 3.63) is 77.9 Å². The van der Waals surface area contributed by atoms with Crippen LogP contribution in [0.15, 0.2) is 66.7 Å². The molecule has 0 aliphatic carbocycles. The molecule has 0 bridgehead atoms. The number of aryl methyl sites for hydroxylation is 1. The number of methoxy groups -OCH3 is 2. The van der Waals surface area contributed by atoms with Gasteiger partial charge in [-0.2, -0.15) is 0 Å². The summed E-state index contributed by atoms with van der Waals surface area (Å²) in [6, 6.07) is 17.7. The van der Waals surface area contributed by atoms with E-state index >= 15 is 0 Å². The Morgan fingerprint density at radius 1 is 0.929 bits per heavy atom. The van der Waals surface area contributed by atoms with Crippen LogP contribution in [-0.2, 0) is 27.3 Å². The minimum absolute atomic E-state index is 0.240. The summed E-state index contributed by atoms with van der Waals surface area (Å²) >= 11 is 0. The number of allylic oxidation sites excluding steroid dienone is 1. The molecule has 0 heterocycles. The number of rotatable bonds is 10. The summed E-state index contributed by atoms with van der Waals surface area (Å²) in [7, 11) is 2.94. The Balaban J connectivity index is 1.89. The fourth-order valence-electron chi connectivity index (χ4n) is 2.73. The molecule has 0 aromatic heterocycles. The van der Waals surface area contributed by atoms with Crippen LogP contribution >= 0.6 is 0 Å². The Hall–Kier alpha value is -3.08. The molecule has 5 nitrogen and oxygen atoms in total. The normalized spacial score (nSPS) is 10.6. The van der Waals surface area contributed by atoms with Crippen LogP contribution in [0.2, 0.25) is 0 Å². The summed E-state index contributed by atoms with van der Waals surface area (Å²) in [5.74, 6) is 0.0852. The third kappa shape index (κ3) is 7.27. The first kappa shape index (κ1) is 21.2. The molecule has 0 atom stereocenters. The zero-order valence-electron chi connectivity index (χ0n) is 16.5. The van der Waals surface area contributed by atoms with E-state index in [4.69, 9.17) is 4.74 Å². The van der Waals surface area contributed by atoms with Crippen LogP contribution in [0.25, 0.3) is 0 Å². The van der Waals surface area contributed by atoms with Crippen LogP contribution < -0.4 is 4.74 Å². The third-order valence-corrected chi connectivity index (χ3v) is 4.34. The average Bonchev–Trinajstić information content (AvgIpc) is 2.73. The molecule has 2 aromatic carbocycles. The first-order valence-corrected chi connectivity index (χ1v) is 9.29. The molecule has 0 aliphatic rings. The molecule has 28 heavy (non-hydrogen) atoms. The SMILES string of the molecule is COC(=O)CC(=O)N(C/C=C/CCc1ccc(OC)cc1)Cc1ccccc1. The van der Waals surface area contributed by atoms with Crippen molar-refractivity contribution in [2.75, 3.05) is 20.8 Å². The smallest absolute Gasteiger partial charge is 0.315 e. The van der Waals surface area contributed by atoms with Crippen molar-refractivity contribution in [1.82, 2.24) is 4.90 Å². The molecular weight excluding hydrogens is 354 g/mol. The minimum atomic E-state index is -0.522. The van der Waals surface area contributed by atoms with Gasteiger partial charge in [-0.25, -0.2) is 0 Å². The Morgan fingerprint density at radius 2 is 1.64 bits per heavy atom. The quantitative estimate of drug-likeness (QED) is 0.357. The van der Waals surface area contributed by atoms with Gasteiger partial charge in [0.05, 0.1) is 14.2 Å². The van der Waals surface area contributed by atoms with E-state index in [1.54, 1.807) is 12.0 Å². The topological polar surface area (TPSA) is 55.8 Å². The number of carbonyl (C=O) groups excluding carboxylic acids is 2. The maximum atomic E-state index is 12.4. The first-order chi connectivity index (χ1) is 13.6. The highest BCUT2D eigenvalue weighted by atomic mass is 16.5. The lowest BCUT2D eigenvalue weighted by molar-refractivity contribution is -0.146. The molecule has 0 spiro atoms. The molecule has 0 N–H and O–H groups in total. The predicted octanol–water partition coefficient (Wildman–Crippen LogP) is 3.78. The van der Waals surface area contributed by atoms with Crippen LogP contribution in [0.3, 0.4) is 0 Å². The lowest BCUT2D eigenvalue weighted by Crippen LogP contribution is -2.32. The Morgan fingerprint density at radius 3 is 2.29 bits per heavy atom. The van der Waals surface area contributed by atoms with Crippen molar-refractivity contribution >= 4 is 11.9 Å². The van der Waals surface area contributed by atoms with E-state index in [0.717, 1.165) is 24.2 Å². The van der Waals surface area contributed by atoms with Gasteiger partial charge >= 0.3 is 5.97 Å². The van der Waals surface area contributed by atoms with Gasteiger partial charge in [-0.3, -0.25) is 9.59 Å². The fourth-order valence-corrected chi connectivity index (χ4v) is 2.73. The zero-order chi connectivity index (χ0) is 20.2. The second-order valence-corrected chi connectivity index (χ2v) is 6.37. The fraction of sp³-hybridized carbons (Fsp3) is 0.304. The molecule has 5 heteroatoms. The molecular formula is C23H27NO4. The van der Waals surface area contributed by atoms with Crippen LogP contribution in [0.4, 0.5) is 0 Å². The van der Waals surface area contributed by atoms with Crippen molar-refractivity contribution < 1.29 is 19.1 Å². The number of carbonyl (C=O) groups is 2. The van der Waals surface area contributed by atoms with E-state index in [1.807, 2.05) is 60.7 Å². The highest BCUT2D eigenvalue weighted by molar-refractivity contribution is 5.94. The molecule has 0 unspecified atom stereocenters. The Labute approximate surface area is 166 Å². The third-order valence-electron chi connectivity index (χ3n) is 4.34. The van der Waals surface area contributed by atoms with Gasteiger partial charge in [0.1, 0.15) is 12.2 Å². The monoisotopic (exact) mass is 381 g/mol. The van der Waals surface area contributed by atoms with Gasteiger partial charge in [0.25, 0.3) is 0 Å². The second-order valence-electron chi connectivity index (χ2n) is 6.37. The van der Waals surface area contributed by atoms with Gasteiger partial charge in [-0.1, -0.05) is 54.6 Å². The van der Waals surface area contributed by atoms with Gasteiger partial charge < -0.3 is 14.4 Å². The standard InChI is InChI=1S/C23H27NO4/c1-27-21-14-12-19(13-15-21)9-7-4-8-16-24(22(25)17-23(26)28-2)18-20-10-5-3-6-11-20/h3-6,8,10-15H,7,9,16-18H2,1-2H3/b8-4+. The van der Waals surface area contributed by atoms with Crippen molar-refractivity contribution in [1.29, 1.82) is 0 Å². The van der Waals surface area contributed by atoms with Gasteiger partial charge in [0, 0.05) is 13.1 Å². The van der Waals surface area contributed by atoms with Crippen molar-refractivity contribution in [3.8, 4) is 5.75 Å². The molecule has 0 fully saturated rings. The number of ether oxygens (including phenoxy) is 2. The van der Waals surface area contributed by atoms with Crippen molar-refractivity contribution in [3.63, 3.8) is 0 Å². The maximum Gasteiger partial charge on any atom is 0.315 e. The van der Waals surface area contributed by atoms with E-state index in [9.17, 15) is 9.59 Å². The Bertz CT molecular complexity index is 769. The lowest BCUT2D eigenvalue weighted by atomic mass is 10.1. The summed E-state index contributed by atoms with van der Waals surface area (Å²) in [4.78, 5) is 25.6. The van der Waals surface area contributed by atoms with Crippen LogP contribution in [0.5, 0.6) is 5.75 Å². The minimum Gasteiger partial charge on any atom is -0.497 e. The predicted molar refractivity (Wildman–Crippen MR) is 109 cm³/mol. The molecule has 2 rings (SSSR count). The summed E-state index contributed by atoms with van der Waals surface area (Å²) in [6.45, 7) is 0.910. The summed E-state index contributed by atoms with van der Waals surface area (Å²) in [5, 5.41) is 0. The first-order valence-electron chi connectivity index (χ1n) is 9.29. The van der Waals surface area contributed by atoms with Crippen molar-refractivity contribution in [2.45, 2.75) is 25.8 Å². The number of benzene rings is 2. The molecule has 0 saturated carbocycles. The van der Waals surface area contributed by atoms with E-state index in [-0.39, 0.29) is 12.3 Å². The summed E-state index contributed by atoms with van der Waals surface area (Å²) in [6.07, 6.45) is 5.57. The van der Waals surface area contributed by atoms with Gasteiger partial charge in [0.2, 0.25) is 5.91 Å². The van der Waals surface area contributed by atoms with E-state index in [2.05, 4.69) is 10.8 Å². The molecule has 0 saturated heterocycles. The highest BCUT2D eigenvalue weighted by Gasteiger charge is 2.17. The highest BCUT2D eigenvalue weighted by Crippen LogP contribution is 2.13. The van der Waals surface area contributed by atoms with E-state index in [0.29, 0.717) is 13.1 Å². The van der Waals surface area contributed by atoms with Gasteiger partial charge in [-0.05, 0) is 36.1 Å². The number of hydrogen-bond acceptors (Lipinski definition) is 4. The Kier molecular flexibility index (Phi) is 8.79. The number of nitrogens with zero attached hydrogens (tertiary/aromatic N) is 1. The number of esters is 1. The molecule has 1 amide bonds. The number of amides is 1. The zero-order valence-corrected chi connectivity index (χ0v) is 16.5. The average molecular weight is 381 g/mol. The second kappa shape index (κ2) is 11.6. The van der Waals surface area contributed by atoms with E-state index in [1.165, 1.54) is 12.7 Å². The largest absolute Gasteiger partial charge is 0.497 e. The number of hydrogen-bond donors (Lipinski definition) is 0. The van der Waals surface area contributed by atoms with Gasteiger partial charge in [0.15, 0.2) is 0 Å². The van der Waals surface area contributed by atoms with E-state index < -0.39 is 5.97 Å². The van der Waals surface area contributed by atoms with Crippen LogP contribution in [-0.4, -0.2) is 37.5 Å². The molecule has 2 aromatic rings. The van der Waals surface area contributed by atoms with Crippen LogP contribution in [0, 0.1) is 0 Å². The van der Waals surface area contributed by atoms with Crippen molar-refractivity contribution in [2.24, 2.45) is 0 Å². The van der Waals surface area contributed by atoms with Gasteiger partial charge in [-0.15, -0.1) is 0 Å². The molecule has 148 valence electrons. The molecule has 0 aliphatic heterocycles. The summed E-state index contributed by atoms with van der Waals surface area (Å²) in [5.41, 5.74) is 2.25. The summed E-state index contributed by atoms with van der Waals surface area (Å²) < 4.78 is 9.78. The van der Waals surface area contributed by atoms with Crippen LogP contribution in [0.1, 0.15) is 24.0 Å². The lowest BCUT2D eigenvalue weighted by Gasteiger charge is -2.21. The maximum absolute atomic E-state index is 12.4.